The Morgan fingerprint density at radius 3 is 2.91 bits per heavy atom. The lowest BCUT2D eigenvalue weighted by atomic mass is 10.3. The Kier molecular flexibility index (Phi) is 4.83. The summed E-state index contributed by atoms with van der Waals surface area (Å²) in [7, 11) is 0. The van der Waals surface area contributed by atoms with E-state index in [2.05, 4.69) is 0 Å². The summed E-state index contributed by atoms with van der Waals surface area (Å²) < 4.78 is 4.82. The third kappa shape index (κ3) is 5.16. The molecule has 0 aliphatic carbocycles. The Labute approximate surface area is 66.3 Å². The molecule has 0 heterocycles. The highest BCUT2D eigenvalue weighted by atomic mass is 16.5. The minimum Gasteiger partial charge on any atom is -0.460 e. The van der Waals surface area contributed by atoms with Crippen molar-refractivity contribution >= 4 is 5.97 Å². The van der Waals surface area contributed by atoms with Crippen LogP contribution < -0.4 is 0 Å². The Bertz CT molecular complexity index is 191. The normalized spacial score (nSPS) is 12.5. The molecule has 0 rings (SSSR count). The number of esters is 1. The van der Waals surface area contributed by atoms with E-state index in [9.17, 15) is 4.79 Å². The van der Waals surface area contributed by atoms with E-state index in [0.717, 1.165) is 18.6 Å². The van der Waals surface area contributed by atoms with Crippen LogP contribution in [-0.2, 0) is 9.53 Å². The van der Waals surface area contributed by atoms with Crippen LogP contribution in [0, 0.1) is 11.3 Å². The summed E-state index contributed by atoms with van der Waals surface area (Å²) in [4.78, 5) is 10.7. The van der Waals surface area contributed by atoms with Crippen molar-refractivity contribution in [3.05, 3.63) is 12.2 Å². The van der Waals surface area contributed by atoms with Gasteiger partial charge in [-0.25, -0.2) is 4.79 Å². The summed E-state index contributed by atoms with van der Waals surface area (Å²) in [6.07, 6.45) is 2.93. The third-order valence-corrected chi connectivity index (χ3v) is 1.19. The van der Waals surface area contributed by atoms with Crippen LogP contribution in [0.15, 0.2) is 12.2 Å². The van der Waals surface area contributed by atoms with Gasteiger partial charge in [-0.05, 0) is 13.3 Å². The van der Waals surface area contributed by atoms with Gasteiger partial charge in [0.15, 0.2) is 0 Å². The van der Waals surface area contributed by atoms with Gasteiger partial charge in [-0.15, -0.1) is 0 Å². The zero-order valence-electron chi connectivity index (χ0n) is 6.70. The zero-order valence-corrected chi connectivity index (χ0v) is 6.70. The quantitative estimate of drug-likeness (QED) is 0.350. The molecule has 0 aliphatic heterocycles. The van der Waals surface area contributed by atoms with Gasteiger partial charge in [0.1, 0.15) is 0 Å². The number of allylic oxidation sites excluding steroid dienone is 1. The highest BCUT2D eigenvalue weighted by Gasteiger charge is 2.02. The van der Waals surface area contributed by atoms with Gasteiger partial charge in [0.2, 0.25) is 0 Å². The van der Waals surface area contributed by atoms with Gasteiger partial charge < -0.3 is 4.74 Å². The monoisotopic (exact) mass is 153 g/mol. The van der Waals surface area contributed by atoms with Crippen LogP contribution in [0.3, 0.4) is 0 Å². The summed E-state index contributed by atoms with van der Waals surface area (Å²) >= 11 is 0. The maximum Gasteiger partial charge on any atom is 0.331 e. The molecule has 0 N–H and O–H groups in total. The number of nitriles is 1. The predicted molar refractivity (Wildman–Crippen MR) is 40.6 cm³/mol. The van der Waals surface area contributed by atoms with Gasteiger partial charge >= 0.3 is 5.97 Å². The summed E-state index contributed by atoms with van der Waals surface area (Å²) in [5.41, 5.74) is 0. The first-order valence-corrected chi connectivity index (χ1v) is 3.47. The van der Waals surface area contributed by atoms with E-state index in [4.69, 9.17) is 10.00 Å². The van der Waals surface area contributed by atoms with E-state index in [0.29, 0.717) is 0 Å². The molecule has 3 heteroatoms. The van der Waals surface area contributed by atoms with E-state index in [-0.39, 0.29) is 6.10 Å². The highest BCUT2D eigenvalue weighted by molar-refractivity contribution is 5.82. The minimum atomic E-state index is -0.457. The smallest absolute Gasteiger partial charge is 0.331 e. The number of nitrogens with zero attached hydrogens (tertiary/aromatic N) is 1. The first-order chi connectivity index (χ1) is 5.20. The minimum absolute atomic E-state index is 0.0779. The SMILES string of the molecule is CCC(C)OC(=O)C=CC#N. The predicted octanol–water partition coefficient (Wildman–Crippen LogP) is 1.41. The zero-order chi connectivity index (χ0) is 8.69. The fourth-order valence-electron chi connectivity index (χ4n) is 0.426. The molecule has 0 aliphatic rings. The van der Waals surface area contributed by atoms with Crippen molar-refractivity contribution in [1.29, 1.82) is 5.26 Å². The molecular formula is C8H11NO2. The Balaban J connectivity index is 3.71. The Hall–Kier alpha value is -1.30. The molecule has 0 radical (unpaired) electrons. The lowest BCUT2D eigenvalue weighted by Crippen LogP contribution is -2.11. The molecule has 0 aromatic carbocycles. The van der Waals surface area contributed by atoms with Gasteiger partial charge in [-0.3, -0.25) is 0 Å². The molecule has 1 atom stereocenters. The van der Waals surface area contributed by atoms with E-state index in [1.165, 1.54) is 0 Å². The Morgan fingerprint density at radius 1 is 1.82 bits per heavy atom. The highest BCUT2D eigenvalue weighted by Crippen LogP contribution is 1.96. The number of carbonyl (C=O) groups excluding carboxylic acids is 1. The first-order valence-electron chi connectivity index (χ1n) is 3.47. The molecular weight excluding hydrogens is 142 g/mol. The average Bonchev–Trinajstić information content (AvgIpc) is 2.00. The van der Waals surface area contributed by atoms with Crippen molar-refractivity contribution in [3.8, 4) is 6.07 Å². The summed E-state index contributed by atoms with van der Waals surface area (Å²) in [6.45, 7) is 3.73. The summed E-state index contributed by atoms with van der Waals surface area (Å²) in [6, 6.07) is 1.71. The van der Waals surface area contributed by atoms with E-state index in [1.807, 2.05) is 6.92 Å². The number of hydrogen-bond donors (Lipinski definition) is 0. The summed E-state index contributed by atoms with van der Waals surface area (Å²) in [5, 5.41) is 8.06. The van der Waals surface area contributed by atoms with E-state index in [1.54, 1.807) is 13.0 Å². The van der Waals surface area contributed by atoms with Crippen LogP contribution in [-0.4, -0.2) is 12.1 Å². The molecule has 0 fully saturated rings. The molecule has 60 valence electrons. The number of ether oxygens (including phenoxy) is 1. The number of hydrogen-bond acceptors (Lipinski definition) is 3. The molecule has 0 aromatic heterocycles. The first kappa shape index (κ1) is 9.70. The third-order valence-electron chi connectivity index (χ3n) is 1.19. The van der Waals surface area contributed by atoms with Crippen molar-refractivity contribution in [3.63, 3.8) is 0 Å². The largest absolute Gasteiger partial charge is 0.460 e. The molecule has 11 heavy (non-hydrogen) atoms. The molecule has 0 amide bonds. The second kappa shape index (κ2) is 5.48. The van der Waals surface area contributed by atoms with E-state index >= 15 is 0 Å². The molecule has 0 spiro atoms. The molecule has 0 bridgehead atoms. The second-order valence-electron chi connectivity index (χ2n) is 2.12. The van der Waals surface area contributed by atoms with Crippen LogP contribution in [0.25, 0.3) is 0 Å². The lowest BCUT2D eigenvalue weighted by molar-refractivity contribution is -0.142. The van der Waals surface area contributed by atoms with Gasteiger partial charge in [-0.2, -0.15) is 5.26 Å². The number of carbonyl (C=O) groups is 1. The lowest BCUT2D eigenvalue weighted by Gasteiger charge is -2.07. The van der Waals surface area contributed by atoms with Crippen molar-refractivity contribution < 1.29 is 9.53 Å². The average molecular weight is 153 g/mol. The van der Waals surface area contributed by atoms with Crippen molar-refractivity contribution in [2.24, 2.45) is 0 Å². The second-order valence-corrected chi connectivity index (χ2v) is 2.12. The maximum absolute atomic E-state index is 10.7. The molecule has 1 unspecified atom stereocenters. The van der Waals surface area contributed by atoms with Crippen LogP contribution in [0.4, 0.5) is 0 Å². The van der Waals surface area contributed by atoms with Crippen molar-refractivity contribution in [2.45, 2.75) is 26.4 Å². The standard InChI is InChI=1S/C8H11NO2/c1-3-7(2)11-8(10)5-4-6-9/h4-5,7H,3H2,1-2H3. The topological polar surface area (TPSA) is 50.1 Å². The molecule has 0 saturated carbocycles. The maximum atomic E-state index is 10.7. The van der Waals surface area contributed by atoms with Crippen LogP contribution >= 0.6 is 0 Å². The van der Waals surface area contributed by atoms with Gasteiger partial charge in [0.25, 0.3) is 0 Å². The van der Waals surface area contributed by atoms with Crippen LogP contribution in [0.5, 0.6) is 0 Å². The van der Waals surface area contributed by atoms with Crippen LogP contribution in [0.2, 0.25) is 0 Å². The molecule has 0 saturated heterocycles. The van der Waals surface area contributed by atoms with E-state index < -0.39 is 5.97 Å². The summed E-state index contributed by atoms with van der Waals surface area (Å²) in [5.74, 6) is -0.457. The van der Waals surface area contributed by atoms with Gasteiger partial charge in [0.05, 0.1) is 12.2 Å². The number of rotatable bonds is 3. The van der Waals surface area contributed by atoms with Crippen molar-refractivity contribution in [2.75, 3.05) is 0 Å². The fraction of sp³-hybridized carbons (Fsp3) is 0.500. The molecule has 0 aromatic rings. The van der Waals surface area contributed by atoms with Gasteiger partial charge in [0, 0.05) is 12.2 Å². The van der Waals surface area contributed by atoms with Crippen LogP contribution in [0.1, 0.15) is 20.3 Å². The van der Waals surface area contributed by atoms with Gasteiger partial charge in [-0.1, -0.05) is 6.92 Å². The fourth-order valence-corrected chi connectivity index (χ4v) is 0.426. The molecule has 3 nitrogen and oxygen atoms in total. The van der Waals surface area contributed by atoms with Crippen molar-refractivity contribution in [1.82, 2.24) is 0 Å². The Morgan fingerprint density at radius 2 is 2.45 bits per heavy atom.